The third-order valence-corrected chi connectivity index (χ3v) is 2.91. The molecule has 0 bridgehead atoms. The SMILES string of the molecule is CCC(CC)CCCCOCCOCCO. The average molecular weight is 232 g/mol. The van der Waals surface area contributed by atoms with Crippen LogP contribution in [-0.2, 0) is 9.47 Å². The quantitative estimate of drug-likeness (QED) is 0.526. The Balaban J connectivity index is 3.03. The van der Waals surface area contributed by atoms with E-state index in [0.717, 1.165) is 18.9 Å². The molecule has 1 N–H and O–H groups in total. The molecule has 0 aliphatic rings. The van der Waals surface area contributed by atoms with Gasteiger partial charge in [0.2, 0.25) is 0 Å². The van der Waals surface area contributed by atoms with Crippen LogP contribution in [0.1, 0.15) is 46.0 Å². The predicted octanol–water partition coefficient (Wildman–Crippen LogP) is 2.62. The minimum atomic E-state index is 0.0927. The summed E-state index contributed by atoms with van der Waals surface area (Å²) in [4.78, 5) is 0. The molecule has 3 nitrogen and oxygen atoms in total. The van der Waals surface area contributed by atoms with E-state index < -0.39 is 0 Å². The first-order valence-corrected chi connectivity index (χ1v) is 6.61. The third kappa shape index (κ3) is 10.4. The lowest BCUT2D eigenvalue weighted by Gasteiger charge is -2.11. The number of hydrogen-bond donors (Lipinski definition) is 1. The van der Waals surface area contributed by atoms with Crippen LogP contribution in [0.25, 0.3) is 0 Å². The summed E-state index contributed by atoms with van der Waals surface area (Å²) in [5, 5.41) is 8.47. The van der Waals surface area contributed by atoms with Crippen LogP contribution in [-0.4, -0.2) is 38.1 Å². The van der Waals surface area contributed by atoms with E-state index >= 15 is 0 Å². The summed E-state index contributed by atoms with van der Waals surface area (Å²) in [5.74, 6) is 0.896. The number of unbranched alkanes of at least 4 members (excludes halogenated alkanes) is 1. The average Bonchev–Trinajstić information content (AvgIpc) is 2.32. The molecule has 0 aliphatic carbocycles. The summed E-state index contributed by atoms with van der Waals surface area (Å²) in [6.45, 7) is 7.11. The first-order chi connectivity index (χ1) is 7.85. The molecule has 0 aromatic rings. The second-order valence-corrected chi connectivity index (χ2v) is 4.13. The van der Waals surface area contributed by atoms with Gasteiger partial charge in [0, 0.05) is 6.61 Å². The van der Waals surface area contributed by atoms with E-state index in [2.05, 4.69) is 13.8 Å². The monoisotopic (exact) mass is 232 g/mol. The Morgan fingerprint density at radius 2 is 1.50 bits per heavy atom. The maximum absolute atomic E-state index is 8.47. The van der Waals surface area contributed by atoms with Crippen LogP contribution >= 0.6 is 0 Å². The predicted molar refractivity (Wildman–Crippen MR) is 66.6 cm³/mol. The molecule has 0 aromatic heterocycles. The van der Waals surface area contributed by atoms with Gasteiger partial charge in [-0.15, -0.1) is 0 Å². The van der Waals surface area contributed by atoms with Gasteiger partial charge in [0.15, 0.2) is 0 Å². The van der Waals surface area contributed by atoms with Crippen LogP contribution in [0.3, 0.4) is 0 Å². The lowest BCUT2D eigenvalue weighted by atomic mass is 9.97. The highest BCUT2D eigenvalue weighted by Gasteiger charge is 2.02. The fourth-order valence-corrected chi connectivity index (χ4v) is 1.72. The van der Waals surface area contributed by atoms with Crippen molar-refractivity contribution in [2.75, 3.05) is 33.0 Å². The van der Waals surface area contributed by atoms with Crippen molar-refractivity contribution in [1.29, 1.82) is 0 Å². The van der Waals surface area contributed by atoms with Gasteiger partial charge in [-0.2, -0.15) is 0 Å². The highest BCUT2D eigenvalue weighted by Crippen LogP contribution is 2.15. The lowest BCUT2D eigenvalue weighted by Crippen LogP contribution is -2.08. The van der Waals surface area contributed by atoms with Gasteiger partial charge in [-0.1, -0.05) is 39.5 Å². The Hall–Kier alpha value is -0.120. The summed E-state index contributed by atoms with van der Waals surface area (Å²) in [7, 11) is 0. The molecule has 0 saturated heterocycles. The molecule has 0 saturated carbocycles. The molecule has 0 rings (SSSR count). The van der Waals surface area contributed by atoms with Gasteiger partial charge in [0.25, 0.3) is 0 Å². The van der Waals surface area contributed by atoms with Gasteiger partial charge in [-0.05, 0) is 12.3 Å². The standard InChI is InChI=1S/C13H28O3/c1-3-13(4-2)7-5-6-9-15-11-12-16-10-8-14/h13-14H,3-12H2,1-2H3. The fraction of sp³-hybridized carbons (Fsp3) is 1.00. The first-order valence-electron chi connectivity index (χ1n) is 6.61. The van der Waals surface area contributed by atoms with Crippen molar-refractivity contribution < 1.29 is 14.6 Å². The van der Waals surface area contributed by atoms with Crippen molar-refractivity contribution >= 4 is 0 Å². The molecule has 0 spiro atoms. The van der Waals surface area contributed by atoms with Crippen molar-refractivity contribution in [3.63, 3.8) is 0 Å². The Bertz CT molecular complexity index is 124. The number of hydrogen-bond acceptors (Lipinski definition) is 3. The van der Waals surface area contributed by atoms with Gasteiger partial charge in [-0.25, -0.2) is 0 Å². The van der Waals surface area contributed by atoms with E-state index in [4.69, 9.17) is 14.6 Å². The number of ether oxygens (including phenoxy) is 2. The summed E-state index contributed by atoms with van der Waals surface area (Å²) in [5.41, 5.74) is 0. The largest absolute Gasteiger partial charge is 0.394 e. The minimum absolute atomic E-state index is 0.0927. The summed E-state index contributed by atoms with van der Waals surface area (Å²) < 4.78 is 10.5. The number of aliphatic hydroxyl groups is 1. The van der Waals surface area contributed by atoms with E-state index in [0.29, 0.717) is 19.8 Å². The van der Waals surface area contributed by atoms with Crippen molar-refractivity contribution in [2.45, 2.75) is 46.0 Å². The number of aliphatic hydroxyl groups excluding tert-OH is 1. The number of rotatable bonds is 12. The van der Waals surface area contributed by atoms with Crippen molar-refractivity contribution in [3.8, 4) is 0 Å². The summed E-state index contributed by atoms with van der Waals surface area (Å²) in [6.07, 6.45) is 6.34. The second-order valence-electron chi connectivity index (χ2n) is 4.13. The molecular weight excluding hydrogens is 204 g/mol. The van der Waals surface area contributed by atoms with Crippen LogP contribution in [0.5, 0.6) is 0 Å². The van der Waals surface area contributed by atoms with Gasteiger partial charge in [-0.3, -0.25) is 0 Å². The highest BCUT2D eigenvalue weighted by atomic mass is 16.5. The Labute approximate surface area is 100 Å². The van der Waals surface area contributed by atoms with E-state index in [-0.39, 0.29) is 6.61 Å². The Morgan fingerprint density at radius 3 is 2.06 bits per heavy atom. The third-order valence-electron chi connectivity index (χ3n) is 2.91. The normalized spacial score (nSPS) is 11.2. The van der Waals surface area contributed by atoms with Crippen LogP contribution in [0.15, 0.2) is 0 Å². The van der Waals surface area contributed by atoms with Crippen LogP contribution in [0, 0.1) is 5.92 Å². The molecule has 98 valence electrons. The van der Waals surface area contributed by atoms with Gasteiger partial charge in [0.05, 0.1) is 26.4 Å². The summed E-state index contributed by atoms with van der Waals surface area (Å²) in [6, 6.07) is 0. The van der Waals surface area contributed by atoms with E-state index in [1.807, 2.05) is 0 Å². The molecule has 0 amide bonds. The Morgan fingerprint density at radius 1 is 0.875 bits per heavy atom. The zero-order valence-corrected chi connectivity index (χ0v) is 10.9. The highest BCUT2D eigenvalue weighted by molar-refractivity contribution is 4.54. The van der Waals surface area contributed by atoms with E-state index in [1.54, 1.807) is 0 Å². The lowest BCUT2D eigenvalue weighted by molar-refractivity contribution is 0.0319. The van der Waals surface area contributed by atoms with E-state index in [1.165, 1.54) is 25.7 Å². The molecule has 16 heavy (non-hydrogen) atoms. The first kappa shape index (κ1) is 15.9. The fourth-order valence-electron chi connectivity index (χ4n) is 1.72. The summed E-state index contributed by atoms with van der Waals surface area (Å²) >= 11 is 0. The van der Waals surface area contributed by atoms with Gasteiger partial charge < -0.3 is 14.6 Å². The van der Waals surface area contributed by atoms with Crippen LogP contribution in [0.4, 0.5) is 0 Å². The molecule has 0 aliphatic heterocycles. The zero-order chi connectivity index (χ0) is 12.1. The topological polar surface area (TPSA) is 38.7 Å². The molecule has 0 aromatic carbocycles. The molecule has 0 heterocycles. The molecule has 0 radical (unpaired) electrons. The van der Waals surface area contributed by atoms with E-state index in [9.17, 15) is 0 Å². The van der Waals surface area contributed by atoms with Crippen LogP contribution < -0.4 is 0 Å². The maximum Gasteiger partial charge on any atom is 0.0701 e. The van der Waals surface area contributed by atoms with Crippen molar-refractivity contribution in [1.82, 2.24) is 0 Å². The zero-order valence-electron chi connectivity index (χ0n) is 10.9. The van der Waals surface area contributed by atoms with Crippen molar-refractivity contribution in [2.24, 2.45) is 5.92 Å². The molecule has 0 fully saturated rings. The molecule has 3 heteroatoms. The van der Waals surface area contributed by atoms with Gasteiger partial charge >= 0.3 is 0 Å². The second kappa shape index (κ2) is 12.9. The molecule has 0 unspecified atom stereocenters. The molecule has 0 atom stereocenters. The van der Waals surface area contributed by atoms with Crippen molar-refractivity contribution in [3.05, 3.63) is 0 Å². The van der Waals surface area contributed by atoms with Crippen LogP contribution in [0.2, 0.25) is 0 Å². The minimum Gasteiger partial charge on any atom is -0.394 e. The maximum atomic E-state index is 8.47. The Kier molecular flexibility index (Phi) is 12.9. The molecular formula is C13H28O3. The van der Waals surface area contributed by atoms with Gasteiger partial charge in [0.1, 0.15) is 0 Å². The smallest absolute Gasteiger partial charge is 0.0701 e.